The van der Waals surface area contributed by atoms with Crippen LogP contribution in [0.1, 0.15) is 37.9 Å². The van der Waals surface area contributed by atoms with Crippen molar-refractivity contribution >= 4 is 83.3 Å². The molecule has 19 rings (SSSR count). The zero-order chi connectivity index (χ0) is 71.0. The molecule has 8 aromatic carbocycles. The van der Waals surface area contributed by atoms with E-state index in [4.69, 9.17) is 22.9 Å². The van der Waals surface area contributed by atoms with E-state index >= 15 is 0 Å². The highest BCUT2D eigenvalue weighted by Gasteiger charge is 2.31. The van der Waals surface area contributed by atoms with Gasteiger partial charge in [-0.2, -0.15) is 13.7 Å². The Morgan fingerprint density at radius 1 is 0.380 bits per heavy atom. The quantitative estimate of drug-likeness (QED) is 0.148. The molecule has 14 nitrogen and oxygen atoms in total. The van der Waals surface area contributed by atoms with E-state index in [1.165, 1.54) is 22.4 Å². The van der Waals surface area contributed by atoms with Gasteiger partial charge >= 0.3 is 0 Å². The van der Waals surface area contributed by atoms with E-state index in [-0.39, 0.29) is 5.69 Å². The summed E-state index contributed by atoms with van der Waals surface area (Å²) in [5.41, 5.74) is 28.5. The molecule has 19 aromatic rings. The van der Waals surface area contributed by atoms with Crippen LogP contribution >= 0.6 is 0 Å². The normalized spacial score (nSPS) is 12.4. The molecule has 0 aliphatic carbocycles. The number of hydrogen-bond donors (Lipinski definition) is 0. The molecular weight excluding hydrogens is 1230 g/mol. The number of para-hydroxylation sites is 6. The molecule has 0 aliphatic heterocycles. The van der Waals surface area contributed by atoms with E-state index in [0.29, 0.717) is 11.5 Å². The summed E-state index contributed by atoms with van der Waals surface area (Å²) in [5, 5.41) is 4.47. The van der Waals surface area contributed by atoms with Gasteiger partial charge < -0.3 is 22.5 Å². The molecule has 0 saturated carbocycles. The van der Waals surface area contributed by atoms with E-state index in [1.807, 2.05) is 78.4 Å². The molecule has 100 heavy (non-hydrogen) atoms. The van der Waals surface area contributed by atoms with Gasteiger partial charge in [-0.1, -0.05) is 133 Å². The summed E-state index contributed by atoms with van der Waals surface area (Å²) in [6.07, 6.45) is 4.36. The Bertz CT molecular complexity index is 6640. The fourth-order valence-electron chi connectivity index (χ4n) is 15.2. The molecule has 0 fully saturated rings. The van der Waals surface area contributed by atoms with Gasteiger partial charge in [0.15, 0.2) is 0 Å². The first kappa shape index (κ1) is 57.8. The van der Waals surface area contributed by atoms with Gasteiger partial charge in [0, 0.05) is 107 Å². The Morgan fingerprint density at radius 2 is 0.860 bits per heavy atom. The van der Waals surface area contributed by atoms with Crippen molar-refractivity contribution in [1.29, 1.82) is 0 Å². The highest BCUT2D eigenvalue weighted by atomic mass is 16.3. The van der Waals surface area contributed by atoms with Crippen molar-refractivity contribution in [3.63, 3.8) is 0 Å². The number of aryl methyl sites for hydroxylation is 9. The third-order valence-electron chi connectivity index (χ3n) is 20.5. The van der Waals surface area contributed by atoms with Gasteiger partial charge in [-0.3, -0.25) is 13.2 Å². The number of rotatable bonds is 7. The van der Waals surface area contributed by atoms with E-state index in [1.54, 1.807) is 0 Å². The molecule has 11 aromatic heterocycles. The number of imidazole rings is 6. The monoisotopic (exact) mass is 1310 g/mol. The molecule has 0 bridgehead atoms. The molecule has 11 heterocycles. The molecule has 0 aliphatic rings. The number of nitrogens with zero attached hydrogens (tertiary/aromatic N) is 12. The molecular formula is C86H75N12O2+3. The van der Waals surface area contributed by atoms with Crippen LogP contribution in [-0.2, 0) is 42.3 Å². The van der Waals surface area contributed by atoms with Crippen molar-refractivity contribution < 1.29 is 26.6 Å². The smallest absolute Gasteiger partial charge is 0.231 e. The van der Waals surface area contributed by atoms with Gasteiger partial charge in [-0.25, -0.2) is 15.0 Å². The minimum Gasteiger partial charge on any atom is -0.455 e. The molecule has 14 heteroatoms. The Morgan fingerprint density at radius 3 is 1.43 bits per heavy atom. The Labute approximate surface area is 582 Å². The number of aromatic nitrogens is 12. The highest BCUT2D eigenvalue weighted by Crippen LogP contribution is 2.41. The molecule has 0 N–H and O–H groups in total. The maximum Gasteiger partial charge on any atom is 0.231 e. The molecule has 0 spiro atoms. The molecule has 0 radical (unpaired) electrons. The molecule has 0 amide bonds. The van der Waals surface area contributed by atoms with Crippen LogP contribution in [0.15, 0.2) is 246 Å². The van der Waals surface area contributed by atoms with E-state index in [9.17, 15) is 0 Å². The summed E-state index contributed by atoms with van der Waals surface area (Å²) in [5.74, 6) is 2.48. The predicted octanol–water partition coefficient (Wildman–Crippen LogP) is 18.1. The van der Waals surface area contributed by atoms with Crippen molar-refractivity contribution in [3.8, 4) is 79.1 Å². The number of pyridine rings is 3. The fourth-order valence-corrected chi connectivity index (χ4v) is 15.2. The average Bonchev–Trinajstić information content (AvgIpc) is 1.61. The fraction of sp³-hybridized carbons (Fsp3) is 0.140. The second kappa shape index (κ2) is 23.7. The SMILES string of the molecule is Cc1ccc2c(oc3ccccc32)c1-c1cccc(-c2cn3c4ccccc4nc3n2C)[n+]1C.Cc1ccccc1-c1cccc(-c2cn3c4ccccc4nc3n2C)[n+]1C.[2H]C([2H])([2H])c1nc2n(C)c(-c3cc(-c4ccccc4)cc(-c4c(C)ccc5c4oc4ccccc45)[n+]3C)c(C)n2c1C. The minimum atomic E-state index is -2.28. The van der Waals surface area contributed by atoms with Gasteiger partial charge in [0.05, 0.1) is 44.6 Å². The summed E-state index contributed by atoms with van der Waals surface area (Å²) in [4.78, 5) is 14.3. The van der Waals surface area contributed by atoms with Crippen LogP contribution in [0.3, 0.4) is 0 Å². The van der Waals surface area contributed by atoms with Crippen LogP contribution in [0.5, 0.6) is 0 Å². The lowest BCUT2D eigenvalue weighted by atomic mass is 9.96. The molecule has 0 atom stereocenters. The first-order valence-electron chi connectivity index (χ1n) is 35.2. The lowest BCUT2D eigenvalue weighted by Gasteiger charge is -2.13. The number of furan rings is 2. The van der Waals surface area contributed by atoms with Crippen LogP contribution in [-0.4, -0.2) is 41.9 Å². The van der Waals surface area contributed by atoms with Crippen molar-refractivity contribution in [2.75, 3.05) is 0 Å². The van der Waals surface area contributed by atoms with Gasteiger partial charge in [0.25, 0.3) is 0 Å². The topological polar surface area (TPSA) is 105 Å². The van der Waals surface area contributed by atoms with Gasteiger partial charge in [-0.05, 0) is 124 Å². The summed E-state index contributed by atoms with van der Waals surface area (Å²) in [6, 6.07) is 77.8. The standard InChI is InChI=1S/C34H31N4O.C29H23N4O.C23H21N4/c1-20-16-17-27-26-14-10-11-15-30(26)39-33(27)31(20)28-18-25(24-12-8-7-9-13-24)19-29(36(28)5)32-23(4)38-22(3)21(2)35-34(38)37(32)6;1-18-15-16-20-19-9-4-7-14-26(19)34-28(20)27(18)24-13-8-12-23(31(24)2)25-17-33-22-11-6-5-10-21(22)30-29(33)32(25)3;1-16-9-4-5-10-17(16)19-13-8-14-21(25(19)2)22-15-27-20-12-7-6-11-18(20)24-23(27)26(22)3/h7-19H,1-6H3;4-17H,1-3H3;4-15H,1-3H3/q3*+1/i2D3;;. The Hall–Kier alpha value is -12.4. The van der Waals surface area contributed by atoms with Gasteiger partial charge in [-0.15, -0.1) is 0 Å². The molecule has 0 saturated heterocycles. The van der Waals surface area contributed by atoms with E-state index in [2.05, 4.69) is 281 Å². The van der Waals surface area contributed by atoms with Crippen molar-refractivity contribution in [1.82, 2.24) is 41.9 Å². The maximum absolute atomic E-state index is 7.99. The van der Waals surface area contributed by atoms with Crippen molar-refractivity contribution in [2.45, 2.75) is 41.5 Å². The average molecular weight is 1310 g/mol. The van der Waals surface area contributed by atoms with Crippen molar-refractivity contribution in [2.24, 2.45) is 42.3 Å². The summed E-state index contributed by atoms with van der Waals surface area (Å²) in [7, 11) is 12.4. The predicted molar refractivity (Wildman–Crippen MR) is 402 cm³/mol. The molecule has 0 unspecified atom stereocenters. The third kappa shape index (κ3) is 9.60. The van der Waals surface area contributed by atoms with Crippen LogP contribution in [0.2, 0.25) is 0 Å². The van der Waals surface area contributed by atoms with Crippen LogP contribution in [0, 0.1) is 41.5 Å². The Kier molecular flexibility index (Phi) is 13.7. The van der Waals surface area contributed by atoms with Crippen molar-refractivity contribution in [3.05, 3.63) is 271 Å². The second-order valence-electron chi connectivity index (χ2n) is 26.3. The second-order valence-corrected chi connectivity index (χ2v) is 26.3. The minimum absolute atomic E-state index is 0.137. The first-order valence-corrected chi connectivity index (χ1v) is 33.7. The zero-order valence-electron chi connectivity index (χ0n) is 60.7. The maximum atomic E-state index is 7.99. The highest BCUT2D eigenvalue weighted by molar-refractivity contribution is 6.11. The Balaban J connectivity index is 0.000000117. The number of hydrogen-bond acceptors (Lipinski definition) is 5. The number of fused-ring (bicyclic) bond motifs is 13. The lowest BCUT2D eigenvalue weighted by molar-refractivity contribution is -0.649. The molecule has 488 valence electrons. The lowest BCUT2D eigenvalue weighted by Crippen LogP contribution is -2.35. The van der Waals surface area contributed by atoms with Crippen LogP contribution < -0.4 is 13.7 Å². The summed E-state index contributed by atoms with van der Waals surface area (Å²) < 4.78 is 56.2. The van der Waals surface area contributed by atoms with E-state index < -0.39 is 6.85 Å². The first-order chi connectivity index (χ1) is 49.8. The summed E-state index contributed by atoms with van der Waals surface area (Å²) >= 11 is 0. The number of benzene rings is 8. The van der Waals surface area contributed by atoms with Crippen LogP contribution in [0.4, 0.5) is 0 Å². The zero-order valence-corrected chi connectivity index (χ0v) is 57.7. The summed E-state index contributed by atoms with van der Waals surface area (Å²) in [6.45, 7) is 8.01. The van der Waals surface area contributed by atoms with Gasteiger partial charge in [0.1, 0.15) is 60.6 Å². The third-order valence-corrected chi connectivity index (χ3v) is 20.5. The van der Waals surface area contributed by atoms with E-state index in [0.717, 1.165) is 157 Å². The van der Waals surface area contributed by atoms with Gasteiger partial charge in [0.2, 0.25) is 51.5 Å². The van der Waals surface area contributed by atoms with Crippen LogP contribution in [0.25, 0.3) is 162 Å². The largest absolute Gasteiger partial charge is 0.455 e.